The predicted octanol–water partition coefficient (Wildman–Crippen LogP) is 8.24. The molecule has 4 amide bonds. The van der Waals surface area contributed by atoms with Gasteiger partial charge >= 0.3 is 0 Å². The van der Waals surface area contributed by atoms with Gasteiger partial charge in [-0.25, -0.2) is 26.3 Å². The molecule has 4 aliphatic heterocycles. The molecule has 4 saturated heterocycles. The number of aromatic nitrogens is 4. The van der Waals surface area contributed by atoms with Gasteiger partial charge in [-0.2, -0.15) is 4.98 Å². The standard InChI is InChI=1S/2C36H51ClN6O7S/c1-51(47,48)42-29(14-9-23-15-17-38-18-16-23)36(46)43-21-28(49-22-25-7-12-27(37)13-8-25)20-31(43)34(45)39-30(19-24-5-3-2-4-6-24)32(44)33-40-35(50-41-33)26-10-11-26;1-51(47,48)42-29(14-9-23-15-17-38-18-16-23)36(46)43-21-28(49-22-25-7-12-27(37)13-8-25)20-31(43)33(45)39-30(19-24-5-3-2-4-6-24)32(44)35-41-40-34(50-35)26-10-11-26/h2*7-8,12-13,23-24,26,28-31,38,42H,2-6,9-11,14-22H2,1H3,(H,39,45)/t2*28-,29-,30+,31+/m11/s1. The SMILES string of the molecule is CS(=O)(=O)N[C@H](CCC1CCNCC1)C(=O)N1C[C@H](OCc2ccc(Cl)cc2)C[C@H]1C(=O)N[C@@H](CC1CCCCC1)C(=O)c1nnc(C2CC2)o1.CS(=O)(=O)N[C@H](CCC1CCNCC1)C(=O)N1C[C@H](OCc2ccc(Cl)cc2)C[C@H]1C(=O)N[C@@H](CC1CCCCC1)C(=O)c1noc(C2CC2)n1. The fourth-order valence-electron chi connectivity index (χ4n) is 15.4. The number of nitrogens with zero attached hydrogens (tertiary/aromatic N) is 6. The third-order valence-corrected chi connectivity index (χ3v) is 23.4. The summed E-state index contributed by atoms with van der Waals surface area (Å²) in [7, 11) is -7.50. The molecule has 0 radical (unpaired) electrons. The molecule has 4 saturated carbocycles. The van der Waals surface area contributed by atoms with Crippen molar-refractivity contribution >= 4 is 78.4 Å². The van der Waals surface area contributed by atoms with Crippen molar-refractivity contribution in [3.8, 4) is 0 Å². The van der Waals surface area contributed by atoms with Crippen molar-refractivity contribution in [2.75, 3.05) is 51.8 Å². The Kier molecular flexibility index (Phi) is 27.6. The van der Waals surface area contributed by atoms with Gasteiger partial charge in [-0.15, -0.1) is 10.2 Å². The minimum absolute atomic E-state index is 0.0446. The average Bonchev–Trinajstić information content (AvgIpc) is 1.64. The minimum Gasteiger partial charge on any atom is -0.418 e. The molecule has 8 aliphatic rings. The summed E-state index contributed by atoms with van der Waals surface area (Å²) in [5, 5.41) is 26.0. The summed E-state index contributed by atoms with van der Waals surface area (Å²) < 4.78 is 78.8. The lowest BCUT2D eigenvalue weighted by Gasteiger charge is -2.31. The van der Waals surface area contributed by atoms with Crippen LogP contribution in [-0.2, 0) is 61.9 Å². The maximum Gasteiger partial charge on any atom is 0.286 e. The molecule has 6 heterocycles. The second kappa shape index (κ2) is 36.5. The van der Waals surface area contributed by atoms with Gasteiger partial charge in [-0.1, -0.05) is 117 Å². The summed E-state index contributed by atoms with van der Waals surface area (Å²) in [5.74, 6) is -0.456. The van der Waals surface area contributed by atoms with Gasteiger partial charge in [-0.3, -0.25) is 28.8 Å². The zero-order valence-electron chi connectivity index (χ0n) is 58.7. The smallest absolute Gasteiger partial charge is 0.286 e. The third kappa shape index (κ3) is 23.1. The van der Waals surface area contributed by atoms with Crippen molar-refractivity contribution in [2.45, 2.75) is 240 Å². The normalized spacial score (nSPS) is 23.2. The number of ketones is 2. The summed E-state index contributed by atoms with van der Waals surface area (Å²) in [6.07, 6.45) is 22.2. The number of benzene rings is 2. The number of likely N-dealkylation sites (tertiary alicyclic amines) is 2. The highest BCUT2D eigenvalue weighted by Gasteiger charge is 2.47. The molecule has 4 aromatic rings. The summed E-state index contributed by atoms with van der Waals surface area (Å²) >= 11 is 12.1. The number of piperidine rings is 2. The van der Waals surface area contributed by atoms with Crippen LogP contribution < -0.4 is 30.7 Å². The van der Waals surface area contributed by atoms with E-state index in [1.165, 1.54) is 9.80 Å². The third-order valence-electron chi connectivity index (χ3n) is 21.5. The molecule has 4 aliphatic carbocycles. The topological polar surface area (TPSA) is 346 Å². The first kappa shape index (κ1) is 77.3. The number of carbonyl (C=O) groups is 6. The fraction of sp³-hybridized carbons (Fsp3) is 0.694. The predicted molar refractivity (Wildman–Crippen MR) is 381 cm³/mol. The number of rotatable bonds is 32. The van der Waals surface area contributed by atoms with E-state index in [2.05, 4.69) is 51.0 Å². The molecule has 2 aromatic heterocycles. The summed E-state index contributed by atoms with van der Waals surface area (Å²) in [4.78, 5) is 92.3. The van der Waals surface area contributed by atoms with Crippen molar-refractivity contribution in [3.05, 3.63) is 93.2 Å². The highest BCUT2D eigenvalue weighted by molar-refractivity contribution is 7.89. The van der Waals surface area contributed by atoms with Crippen LogP contribution in [0.5, 0.6) is 0 Å². The van der Waals surface area contributed by atoms with E-state index in [0.29, 0.717) is 72.2 Å². The average molecular weight is 1490 g/mol. The lowest BCUT2D eigenvalue weighted by atomic mass is 9.84. The Morgan fingerprint density at radius 2 is 0.961 bits per heavy atom. The Balaban J connectivity index is 0.000000205. The Labute approximate surface area is 609 Å². The van der Waals surface area contributed by atoms with Crippen molar-refractivity contribution in [3.63, 3.8) is 0 Å². The van der Waals surface area contributed by atoms with Gasteiger partial charge in [0.1, 0.15) is 24.2 Å². The molecule has 0 unspecified atom stereocenters. The van der Waals surface area contributed by atoms with Gasteiger partial charge in [-0.05, 0) is 175 Å². The second-order valence-corrected chi connectivity index (χ2v) is 34.2. The number of nitrogens with one attached hydrogen (secondary N) is 6. The molecule has 8 atom stereocenters. The van der Waals surface area contributed by atoms with Crippen molar-refractivity contribution in [1.29, 1.82) is 0 Å². The van der Waals surface area contributed by atoms with E-state index >= 15 is 0 Å². The Morgan fingerprint density at radius 3 is 1.38 bits per heavy atom. The van der Waals surface area contributed by atoms with Gasteiger partial charge in [0.25, 0.3) is 5.89 Å². The monoisotopic (exact) mass is 1490 g/mol. The number of hydrogen-bond donors (Lipinski definition) is 6. The summed E-state index contributed by atoms with van der Waals surface area (Å²) in [6, 6.07) is 8.62. The van der Waals surface area contributed by atoms with E-state index in [1.807, 2.05) is 24.3 Å². The maximum absolute atomic E-state index is 14.3. The largest absolute Gasteiger partial charge is 0.418 e. The molecular weight excluding hydrogens is 1390 g/mol. The van der Waals surface area contributed by atoms with E-state index in [0.717, 1.165) is 165 Å². The van der Waals surface area contributed by atoms with Gasteiger partial charge < -0.3 is 49.5 Å². The van der Waals surface area contributed by atoms with E-state index < -0.39 is 104 Å². The molecule has 12 rings (SSSR count). The molecule has 30 heteroatoms. The first-order chi connectivity index (χ1) is 49.0. The summed E-state index contributed by atoms with van der Waals surface area (Å²) in [5.41, 5.74) is 1.76. The highest BCUT2D eigenvalue weighted by Crippen LogP contribution is 2.41. The van der Waals surface area contributed by atoms with Crippen LogP contribution in [0.2, 0.25) is 10.0 Å². The second-order valence-electron chi connectivity index (χ2n) is 29.8. The first-order valence-corrected chi connectivity index (χ1v) is 41.6. The van der Waals surface area contributed by atoms with Crippen LogP contribution in [0.15, 0.2) is 57.5 Å². The lowest BCUT2D eigenvalue weighted by molar-refractivity contribution is -0.140. The molecule has 0 spiro atoms. The Hall–Kier alpha value is -5.82. The van der Waals surface area contributed by atoms with Crippen LogP contribution in [0, 0.1) is 23.7 Å². The van der Waals surface area contributed by atoms with Crippen LogP contribution in [0.25, 0.3) is 0 Å². The maximum atomic E-state index is 14.3. The molecule has 560 valence electrons. The number of Topliss-reactive ketones (excluding diaryl/α,β-unsaturated/α-hetero) is 2. The number of sulfonamides is 2. The van der Waals surface area contributed by atoms with Crippen LogP contribution >= 0.6 is 23.2 Å². The molecule has 0 bridgehead atoms. The molecule has 2 aromatic carbocycles. The van der Waals surface area contributed by atoms with Crippen molar-refractivity contribution < 1.29 is 64.0 Å². The zero-order chi connectivity index (χ0) is 71.9. The summed E-state index contributed by atoms with van der Waals surface area (Å²) in [6.45, 7) is 4.20. The molecule has 102 heavy (non-hydrogen) atoms. The Morgan fingerprint density at radius 1 is 0.539 bits per heavy atom. The lowest BCUT2D eigenvalue weighted by Crippen LogP contribution is -2.55. The van der Waals surface area contributed by atoms with E-state index in [4.69, 9.17) is 41.6 Å². The number of ether oxygens (including phenoxy) is 2. The number of carbonyl (C=O) groups excluding carboxylic acids is 6. The first-order valence-electron chi connectivity index (χ1n) is 37.1. The number of hydrogen-bond acceptors (Lipinski definition) is 20. The number of amides is 4. The minimum atomic E-state index is -3.75. The Bertz CT molecular complexity index is 3450. The quantitative estimate of drug-likeness (QED) is 0.0251. The van der Waals surface area contributed by atoms with Crippen molar-refractivity contribution in [2.24, 2.45) is 23.7 Å². The van der Waals surface area contributed by atoms with Gasteiger partial charge in [0.15, 0.2) is 0 Å². The molecular formula is C72H102Cl2N12O14S2. The molecule has 26 nitrogen and oxygen atoms in total. The van der Waals surface area contributed by atoms with E-state index in [1.54, 1.807) is 24.3 Å². The van der Waals surface area contributed by atoms with Gasteiger partial charge in [0.05, 0.1) is 50.0 Å². The van der Waals surface area contributed by atoms with Gasteiger partial charge in [0, 0.05) is 47.8 Å². The van der Waals surface area contributed by atoms with Crippen molar-refractivity contribution in [1.82, 2.24) is 60.8 Å². The van der Waals surface area contributed by atoms with E-state index in [-0.39, 0.29) is 74.5 Å². The van der Waals surface area contributed by atoms with Crippen LogP contribution in [0.1, 0.15) is 223 Å². The highest BCUT2D eigenvalue weighted by atomic mass is 35.5. The van der Waals surface area contributed by atoms with Crippen LogP contribution in [-0.4, -0.2) is 182 Å². The van der Waals surface area contributed by atoms with Gasteiger partial charge in [0.2, 0.25) is 72.8 Å². The number of halogens is 2. The molecule has 8 fully saturated rings. The van der Waals surface area contributed by atoms with Crippen LogP contribution in [0.3, 0.4) is 0 Å². The van der Waals surface area contributed by atoms with E-state index in [9.17, 15) is 45.6 Å². The molecule has 6 N–H and O–H groups in total. The fourth-order valence-corrected chi connectivity index (χ4v) is 17.1. The zero-order valence-corrected chi connectivity index (χ0v) is 61.9. The van der Waals surface area contributed by atoms with Crippen LogP contribution in [0.4, 0.5) is 0 Å².